The Morgan fingerprint density at radius 2 is 2.32 bits per heavy atom. The summed E-state index contributed by atoms with van der Waals surface area (Å²) in [5.41, 5.74) is 2.37. The van der Waals surface area contributed by atoms with E-state index in [0.717, 1.165) is 17.5 Å². The molecule has 2 aromatic rings. The van der Waals surface area contributed by atoms with E-state index in [2.05, 4.69) is 15.3 Å². The van der Waals surface area contributed by atoms with Crippen molar-refractivity contribution < 1.29 is 9.53 Å². The number of hydrogen-bond donors (Lipinski definition) is 2. The first-order valence-electron chi connectivity index (χ1n) is 6.50. The highest BCUT2D eigenvalue weighted by molar-refractivity contribution is 5.97. The quantitative estimate of drug-likeness (QED) is 0.783. The monoisotopic (exact) mass is 261 g/mol. The van der Waals surface area contributed by atoms with Gasteiger partial charge < -0.3 is 15.0 Å². The predicted molar refractivity (Wildman–Crippen MR) is 74.1 cm³/mol. The van der Waals surface area contributed by atoms with Gasteiger partial charge in [-0.15, -0.1) is 0 Å². The first-order valence-corrected chi connectivity index (χ1v) is 6.50. The fraction of sp³-hybridized carbons (Fsp3) is 0.429. The molecule has 0 spiro atoms. The molecule has 102 valence electrons. The van der Waals surface area contributed by atoms with Gasteiger partial charge in [0.15, 0.2) is 0 Å². The number of hydrogen-bond acceptors (Lipinski definition) is 3. The topological polar surface area (TPSA) is 67.0 Å². The lowest BCUT2D eigenvalue weighted by molar-refractivity contribution is 0.0757. The van der Waals surface area contributed by atoms with Crippen molar-refractivity contribution in [2.24, 2.45) is 0 Å². The van der Waals surface area contributed by atoms with E-state index < -0.39 is 0 Å². The molecule has 0 bridgehead atoms. The third-order valence-corrected chi connectivity index (χ3v) is 2.74. The van der Waals surface area contributed by atoms with Crippen LogP contribution in [0.1, 0.15) is 30.6 Å². The van der Waals surface area contributed by atoms with Gasteiger partial charge in [-0.3, -0.25) is 4.79 Å². The number of rotatable bonds is 6. The summed E-state index contributed by atoms with van der Waals surface area (Å²) in [6.45, 7) is 5.28. The molecular formula is C14H19N3O2. The second-order valence-electron chi connectivity index (χ2n) is 4.66. The summed E-state index contributed by atoms with van der Waals surface area (Å²) in [4.78, 5) is 19.0. The predicted octanol–water partition coefficient (Wildman–Crippen LogP) is 2.11. The number of amides is 1. The molecule has 1 amide bonds. The highest BCUT2D eigenvalue weighted by Gasteiger charge is 2.06. The summed E-state index contributed by atoms with van der Waals surface area (Å²) in [6.07, 6.45) is 2.67. The molecule has 5 heteroatoms. The smallest absolute Gasteiger partial charge is 0.251 e. The molecule has 1 heterocycles. The van der Waals surface area contributed by atoms with Crippen molar-refractivity contribution in [1.29, 1.82) is 0 Å². The van der Waals surface area contributed by atoms with Gasteiger partial charge in [0.1, 0.15) is 0 Å². The molecule has 0 aliphatic rings. The zero-order chi connectivity index (χ0) is 13.7. The molecule has 0 saturated carbocycles. The average Bonchev–Trinajstić information content (AvgIpc) is 2.84. The fourth-order valence-electron chi connectivity index (χ4n) is 1.77. The van der Waals surface area contributed by atoms with Gasteiger partial charge in [0.25, 0.3) is 5.91 Å². The van der Waals surface area contributed by atoms with Gasteiger partial charge >= 0.3 is 0 Å². The molecule has 0 aliphatic carbocycles. The highest BCUT2D eigenvalue weighted by atomic mass is 16.5. The number of fused-ring (bicyclic) bond motifs is 1. The first-order chi connectivity index (χ1) is 9.16. The Hall–Kier alpha value is -1.88. The van der Waals surface area contributed by atoms with Gasteiger partial charge in [-0.1, -0.05) is 0 Å². The van der Waals surface area contributed by atoms with E-state index in [1.54, 1.807) is 12.4 Å². The van der Waals surface area contributed by atoms with Crippen LogP contribution in [-0.4, -0.2) is 35.1 Å². The van der Waals surface area contributed by atoms with Crippen LogP contribution in [0.15, 0.2) is 24.5 Å². The molecular weight excluding hydrogens is 242 g/mol. The Morgan fingerprint density at radius 1 is 1.47 bits per heavy atom. The number of carbonyl (C=O) groups excluding carboxylic acids is 1. The van der Waals surface area contributed by atoms with Gasteiger partial charge in [-0.25, -0.2) is 4.98 Å². The van der Waals surface area contributed by atoms with Gasteiger partial charge in [0, 0.05) is 18.7 Å². The molecule has 1 aromatic heterocycles. The number of imidazole rings is 1. The maximum Gasteiger partial charge on any atom is 0.251 e. The molecule has 0 radical (unpaired) electrons. The van der Waals surface area contributed by atoms with Crippen LogP contribution in [0.3, 0.4) is 0 Å². The number of aromatic amines is 1. The molecule has 0 atom stereocenters. The van der Waals surface area contributed by atoms with E-state index in [1.807, 2.05) is 26.0 Å². The number of ether oxygens (including phenoxy) is 1. The van der Waals surface area contributed by atoms with Crippen molar-refractivity contribution >= 4 is 16.9 Å². The van der Waals surface area contributed by atoms with Crippen LogP contribution in [0.4, 0.5) is 0 Å². The summed E-state index contributed by atoms with van der Waals surface area (Å²) in [7, 11) is 0. The Bertz CT molecular complexity index is 548. The second-order valence-corrected chi connectivity index (χ2v) is 4.66. The number of H-pyrrole nitrogens is 1. The molecule has 5 nitrogen and oxygen atoms in total. The molecule has 0 unspecified atom stereocenters. The SMILES string of the molecule is CC(C)OCCCNC(=O)c1ccc2nc[nH]c2c1. The zero-order valence-electron chi connectivity index (χ0n) is 11.3. The normalized spacial score (nSPS) is 11.1. The van der Waals surface area contributed by atoms with Crippen LogP contribution in [0, 0.1) is 0 Å². The average molecular weight is 261 g/mol. The van der Waals surface area contributed by atoms with Crippen LogP contribution in [-0.2, 0) is 4.74 Å². The maximum atomic E-state index is 11.9. The third-order valence-electron chi connectivity index (χ3n) is 2.74. The summed E-state index contributed by atoms with van der Waals surface area (Å²) in [6, 6.07) is 5.42. The van der Waals surface area contributed by atoms with Gasteiger partial charge in [-0.2, -0.15) is 0 Å². The van der Waals surface area contributed by atoms with Crippen LogP contribution < -0.4 is 5.32 Å². The van der Waals surface area contributed by atoms with Crippen LogP contribution in [0.2, 0.25) is 0 Å². The minimum absolute atomic E-state index is 0.0685. The summed E-state index contributed by atoms with van der Waals surface area (Å²) >= 11 is 0. The largest absolute Gasteiger partial charge is 0.379 e. The molecule has 19 heavy (non-hydrogen) atoms. The van der Waals surface area contributed by atoms with Crippen molar-refractivity contribution in [3.8, 4) is 0 Å². The molecule has 1 aromatic carbocycles. The number of aromatic nitrogens is 2. The van der Waals surface area contributed by atoms with Crippen molar-refractivity contribution in [3.63, 3.8) is 0 Å². The van der Waals surface area contributed by atoms with Crippen molar-refractivity contribution in [2.45, 2.75) is 26.4 Å². The van der Waals surface area contributed by atoms with Crippen LogP contribution >= 0.6 is 0 Å². The number of nitrogens with zero attached hydrogens (tertiary/aromatic N) is 1. The molecule has 0 saturated heterocycles. The highest BCUT2D eigenvalue weighted by Crippen LogP contribution is 2.11. The van der Waals surface area contributed by atoms with E-state index in [9.17, 15) is 4.79 Å². The summed E-state index contributed by atoms with van der Waals surface area (Å²) in [5.74, 6) is -0.0685. The number of carbonyl (C=O) groups is 1. The second kappa shape index (κ2) is 6.33. The first kappa shape index (κ1) is 13.5. The Labute approximate surface area is 112 Å². The standard InChI is InChI=1S/C14H19N3O2/c1-10(2)19-7-3-6-15-14(18)11-4-5-12-13(8-11)17-9-16-12/h4-5,8-10H,3,6-7H2,1-2H3,(H,15,18)(H,16,17). The molecule has 0 aliphatic heterocycles. The van der Waals surface area contributed by atoms with Crippen LogP contribution in [0.5, 0.6) is 0 Å². The van der Waals surface area contributed by atoms with Crippen molar-refractivity contribution in [3.05, 3.63) is 30.1 Å². The van der Waals surface area contributed by atoms with Gasteiger partial charge in [0.05, 0.1) is 23.5 Å². The zero-order valence-corrected chi connectivity index (χ0v) is 11.3. The Balaban J connectivity index is 1.82. The van der Waals surface area contributed by atoms with E-state index >= 15 is 0 Å². The van der Waals surface area contributed by atoms with Crippen molar-refractivity contribution in [2.75, 3.05) is 13.2 Å². The third kappa shape index (κ3) is 3.79. The van der Waals surface area contributed by atoms with Crippen LogP contribution in [0.25, 0.3) is 11.0 Å². The molecule has 2 rings (SSSR count). The number of nitrogens with one attached hydrogen (secondary N) is 2. The molecule has 0 fully saturated rings. The minimum Gasteiger partial charge on any atom is -0.379 e. The van der Waals surface area contributed by atoms with Gasteiger partial charge in [0.2, 0.25) is 0 Å². The van der Waals surface area contributed by atoms with E-state index in [4.69, 9.17) is 4.74 Å². The lowest BCUT2D eigenvalue weighted by Crippen LogP contribution is -2.25. The van der Waals surface area contributed by atoms with E-state index in [-0.39, 0.29) is 12.0 Å². The molecule has 2 N–H and O–H groups in total. The maximum absolute atomic E-state index is 11.9. The lowest BCUT2D eigenvalue weighted by Gasteiger charge is -2.08. The Morgan fingerprint density at radius 3 is 3.11 bits per heavy atom. The van der Waals surface area contributed by atoms with Crippen molar-refractivity contribution in [1.82, 2.24) is 15.3 Å². The lowest BCUT2D eigenvalue weighted by atomic mass is 10.2. The fourth-order valence-corrected chi connectivity index (χ4v) is 1.77. The van der Waals surface area contributed by atoms with E-state index in [1.165, 1.54) is 0 Å². The minimum atomic E-state index is -0.0685. The Kier molecular flexibility index (Phi) is 4.52. The van der Waals surface area contributed by atoms with Gasteiger partial charge in [-0.05, 0) is 38.5 Å². The summed E-state index contributed by atoms with van der Waals surface area (Å²) < 4.78 is 5.41. The summed E-state index contributed by atoms with van der Waals surface area (Å²) in [5, 5.41) is 2.88. The van der Waals surface area contributed by atoms with E-state index in [0.29, 0.717) is 18.7 Å². The number of benzene rings is 1.